The van der Waals surface area contributed by atoms with Crippen LogP contribution in [0, 0.1) is 13.8 Å². The quantitative estimate of drug-likeness (QED) is 0.469. The van der Waals surface area contributed by atoms with Crippen molar-refractivity contribution < 1.29 is 4.79 Å². The van der Waals surface area contributed by atoms with E-state index in [-0.39, 0.29) is 11.5 Å². The molecule has 0 spiro atoms. The number of hydrogen-bond donors (Lipinski definition) is 1. The van der Waals surface area contributed by atoms with Crippen LogP contribution in [0.1, 0.15) is 35.2 Å². The number of anilines is 1. The number of hydrogen-bond acceptors (Lipinski definition) is 4. The zero-order valence-corrected chi connectivity index (χ0v) is 20.6. The minimum atomic E-state index is -0.573. The highest BCUT2D eigenvalue weighted by Crippen LogP contribution is 2.31. The summed E-state index contributed by atoms with van der Waals surface area (Å²) in [7, 11) is 0. The maximum absolute atomic E-state index is 13.7. The molecule has 1 N–H and O–H groups in total. The zero-order valence-electron chi connectivity index (χ0n) is 19.8. The lowest BCUT2D eigenvalue weighted by molar-refractivity contribution is -0.113. The van der Waals surface area contributed by atoms with Gasteiger partial charge in [-0.15, -0.1) is 0 Å². The molecule has 1 aromatic heterocycles. The monoisotopic (exact) mass is 479 g/mol. The van der Waals surface area contributed by atoms with E-state index < -0.39 is 6.04 Å². The number of carbonyl (C=O) groups excluding carboxylic acids is 1. The van der Waals surface area contributed by atoms with Crippen molar-refractivity contribution in [3.63, 3.8) is 0 Å². The van der Waals surface area contributed by atoms with Gasteiger partial charge >= 0.3 is 0 Å². The maximum atomic E-state index is 13.7. The number of nitrogens with zero attached hydrogens (tertiary/aromatic N) is 2. The van der Waals surface area contributed by atoms with E-state index in [9.17, 15) is 9.59 Å². The molecule has 1 aliphatic rings. The first-order chi connectivity index (χ1) is 16.9. The Kier molecular flexibility index (Phi) is 6.05. The second-order valence-corrected chi connectivity index (χ2v) is 9.73. The molecule has 174 valence electrons. The van der Waals surface area contributed by atoms with Crippen LogP contribution < -0.4 is 20.2 Å². The normalized spacial score (nSPS) is 15.5. The summed E-state index contributed by atoms with van der Waals surface area (Å²) in [5.41, 5.74) is 5.69. The lowest BCUT2D eigenvalue weighted by Gasteiger charge is -2.25. The van der Waals surface area contributed by atoms with Gasteiger partial charge < -0.3 is 5.32 Å². The summed E-state index contributed by atoms with van der Waals surface area (Å²) in [6, 6.07) is 24.7. The van der Waals surface area contributed by atoms with E-state index >= 15 is 0 Å². The number of amides is 1. The Morgan fingerprint density at radius 3 is 2.20 bits per heavy atom. The first kappa shape index (κ1) is 22.7. The molecule has 4 aromatic rings. The Bertz CT molecular complexity index is 1610. The summed E-state index contributed by atoms with van der Waals surface area (Å²) in [5.74, 6) is -0.268. The Labute approximate surface area is 207 Å². The third kappa shape index (κ3) is 4.53. The number of allylic oxidation sites excluding steroid dienone is 1. The highest BCUT2D eigenvalue weighted by molar-refractivity contribution is 7.07. The summed E-state index contributed by atoms with van der Waals surface area (Å²) in [6.45, 7) is 5.88. The van der Waals surface area contributed by atoms with E-state index in [4.69, 9.17) is 4.99 Å². The molecule has 0 bridgehead atoms. The van der Waals surface area contributed by atoms with Crippen molar-refractivity contribution in [3.8, 4) is 0 Å². The molecular weight excluding hydrogens is 454 g/mol. The van der Waals surface area contributed by atoms with Gasteiger partial charge in [0.05, 0.1) is 21.8 Å². The van der Waals surface area contributed by atoms with E-state index in [1.54, 1.807) is 4.57 Å². The van der Waals surface area contributed by atoms with Crippen LogP contribution in [0.25, 0.3) is 6.08 Å². The van der Waals surface area contributed by atoms with Crippen LogP contribution in [-0.2, 0) is 4.79 Å². The van der Waals surface area contributed by atoms with Crippen molar-refractivity contribution in [2.75, 3.05) is 5.32 Å². The Hall–Kier alpha value is -4.03. The third-order valence-corrected chi connectivity index (χ3v) is 7.05. The van der Waals surface area contributed by atoms with E-state index in [1.165, 1.54) is 11.3 Å². The number of nitrogens with one attached hydrogen (secondary N) is 1. The summed E-state index contributed by atoms with van der Waals surface area (Å²) in [4.78, 5) is 32.5. The SMILES string of the molecule is CC1=C(C(=O)Nc2ccccc2)C(c2ccc(C)cc2)n2c(s/c(=C\c3ccc(C)cc3)c2=O)=N1. The zero-order chi connectivity index (χ0) is 24.5. The van der Waals surface area contributed by atoms with Crippen molar-refractivity contribution in [2.45, 2.75) is 26.8 Å². The average molecular weight is 480 g/mol. The smallest absolute Gasteiger partial charge is 0.271 e. The van der Waals surface area contributed by atoms with E-state index in [2.05, 4.69) is 5.32 Å². The minimum Gasteiger partial charge on any atom is -0.322 e. The van der Waals surface area contributed by atoms with Gasteiger partial charge in [0.25, 0.3) is 11.5 Å². The molecule has 0 fully saturated rings. The molecular formula is C29H25N3O2S. The number of rotatable bonds is 4. The fraction of sp³-hybridized carbons (Fsp3) is 0.138. The standard InChI is InChI=1S/C29H25N3O2S/c1-18-9-13-21(14-10-18)17-24-28(34)32-26(22-15-11-19(2)12-16-22)25(20(3)30-29(32)35-24)27(33)31-23-7-5-4-6-8-23/h4-17,26H,1-3H3,(H,31,33)/b24-17-. The van der Waals surface area contributed by atoms with Gasteiger partial charge in [-0.2, -0.15) is 0 Å². The number of aromatic nitrogens is 1. The van der Waals surface area contributed by atoms with Gasteiger partial charge in [0.15, 0.2) is 4.80 Å². The van der Waals surface area contributed by atoms with Gasteiger partial charge in [-0.1, -0.05) is 89.2 Å². The van der Waals surface area contributed by atoms with Crippen LogP contribution in [0.5, 0.6) is 0 Å². The fourth-order valence-corrected chi connectivity index (χ4v) is 5.26. The van der Waals surface area contributed by atoms with Gasteiger partial charge in [0, 0.05) is 5.69 Å². The van der Waals surface area contributed by atoms with Gasteiger partial charge in [-0.3, -0.25) is 14.2 Å². The van der Waals surface area contributed by atoms with Crippen molar-refractivity contribution in [1.82, 2.24) is 4.57 Å². The number of aryl methyl sites for hydroxylation is 2. The molecule has 2 heterocycles. The second kappa shape index (κ2) is 9.31. The Morgan fingerprint density at radius 2 is 1.54 bits per heavy atom. The average Bonchev–Trinajstić information content (AvgIpc) is 3.15. The van der Waals surface area contributed by atoms with Crippen molar-refractivity contribution >= 4 is 29.0 Å². The number of para-hydroxylation sites is 1. The van der Waals surface area contributed by atoms with Crippen molar-refractivity contribution in [3.05, 3.63) is 132 Å². The number of benzene rings is 3. The van der Waals surface area contributed by atoms with E-state index in [0.29, 0.717) is 26.3 Å². The predicted octanol–water partition coefficient (Wildman–Crippen LogP) is 4.49. The van der Waals surface area contributed by atoms with E-state index in [1.807, 2.05) is 106 Å². The highest BCUT2D eigenvalue weighted by atomic mass is 32.1. The van der Waals surface area contributed by atoms with Gasteiger partial charge in [-0.05, 0) is 50.1 Å². The lowest BCUT2D eigenvalue weighted by Crippen LogP contribution is -2.40. The molecule has 0 aliphatic carbocycles. The summed E-state index contributed by atoms with van der Waals surface area (Å²) >= 11 is 1.35. The van der Waals surface area contributed by atoms with Crippen LogP contribution >= 0.6 is 11.3 Å². The molecule has 1 atom stereocenters. The van der Waals surface area contributed by atoms with Crippen LogP contribution in [0.2, 0.25) is 0 Å². The molecule has 1 amide bonds. The fourth-order valence-electron chi connectivity index (χ4n) is 4.21. The number of fused-ring (bicyclic) bond motifs is 1. The Morgan fingerprint density at radius 1 is 0.914 bits per heavy atom. The molecule has 3 aromatic carbocycles. The summed E-state index contributed by atoms with van der Waals surface area (Å²) in [5, 5.41) is 2.98. The molecule has 6 heteroatoms. The largest absolute Gasteiger partial charge is 0.322 e. The molecule has 1 aliphatic heterocycles. The molecule has 5 rings (SSSR count). The van der Waals surface area contributed by atoms with Gasteiger partial charge in [0.1, 0.15) is 0 Å². The topological polar surface area (TPSA) is 63.5 Å². The number of carbonyl (C=O) groups is 1. The molecule has 35 heavy (non-hydrogen) atoms. The third-order valence-electron chi connectivity index (χ3n) is 6.07. The van der Waals surface area contributed by atoms with Crippen molar-refractivity contribution in [1.29, 1.82) is 0 Å². The van der Waals surface area contributed by atoms with Crippen LogP contribution in [0.3, 0.4) is 0 Å². The van der Waals surface area contributed by atoms with Crippen LogP contribution in [0.4, 0.5) is 5.69 Å². The molecule has 0 saturated heterocycles. The van der Waals surface area contributed by atoms with Crippen LogP contribution in [0.15, 0.2) is 99.9 Å². The molecule has 5 nitrogen and oxygen atoms in total. The lowest BCUT2D eigenvalue weighted by atomic mass is 9.94. The molecule has 0 saturated carbocycles. The maximum Gasteiger partial charge on any atom is 0.271 e. The van der Waals surface area contributed by atoms with Gasteiger partial charge in [0.2, 0.25) is 0 Å². The first-order valence-electron chi connectivity index (χ1n) is 11.4. The van der Waals surface area contributed by atoms with Gasteiger partial charge in [-0.25, -0.2) is 4.99 Å². The summed E-state index contributed by atoms with van der Waals surface area (Å²) in [6.07, 6.45) is 1.89. The van der Waals surface area contributed by atoms with Crippen molar-refractivity contribution in [2.24, 2.45) is 4.99 Å². The summed E-state index contributed by atoms with van der Waals surface area (Å²) < 4.78 is 2.24. The van der Waals surface area contributed by atoms with E-state index in [0.717, 1.165) is 22.3 Å². The van der Waals surface area contributed by atoms with Crippen LogP contribution in [-0.4, -0.2) is 10.5 Å². The minimum absolute atomic E-state index is 0.155. The highest BCUT2D eigenvalue weighted by Gasteiger charge is 2.32. The predicted molar refractivity (Wildman–Crippen MR) is 141 cm³/mol. The number of thiazole rings is 1. The first-order valence-corrected chi connectivity index (χ1v) is 12.2. The molecule has 1 unspecified atom stereocenters. The Balaban J connectivity index is 1.67. The second-order valence-electron chi connectivity index (χ2n) is 8.72. The molecule has 0 radical (unpaired) electrons.